The fourth-order valence-electron chi connectivity index (χ4n) is 5.25. The van der Waals surface area contributed by atoms with Crippen LogP contribution >= 0.6 is 0 Å². The van der Waals surface area contributed by atoms with E-state index >= 15 is 0 Å². The third kappa shape index (κ3) is 3.98. The molecule has 37 heavy (non-hydrogen) atoms. The highest BCUT2D eigenvalue weighted by Crippen LogP contribution is 2.23. The van der Waals surface area contributed by atoms with Crippen molar-refractivity contribution < 1.29 is 0 Å². The molecule has 0 unspecified atom stereocenters. The molecule has 0 amide bonds. The zero-order valence-corrected chi connectivity index (χ0v) is 21.1. The van der Waals surface area contributed by atoms with E-state index in [9.17, 15) is 0 Å². The van der Waals surface area contributed by atoms with Crippen LogP contribution in [-0.4, -0.2) is 37.3 Å². The van der Waals surface area contributed by atoms with E-state index in [4.69, 9.17) is 15.3 Å². The van der Waals surface area contributed by atoms with Crippen LogP contribution in [0, 0.1) is 20.8 Å². The summed E-state index contributed by atoms with van der Waals surface area (Å²) in [6.07, 6.45) is 0. The second-order valence-electron chi connectivity index (χ2n) is 9.36. The van der Waals surface area contributed by atoms with Gasteiger partial charge in [0, 0.05) is 0 Å². The number of rotatable bonds is 6. The molecule has 3 aromatic carbocycles. The average molecular weight is 482 g/mol. The Morgan fingerprint density at radius 1 is 0.432 bits per heavy atom. The highest BCUT2D eigenvalue weighted by atomic mass is 15.1. The van der Waals surface area contributed by atoms with Crippen LogP contribution in [0.1, 0.15) is 17.1 Å². The molecule has 3 aromatic heterocycles. The number of benzene rings is 3. The molecule has 3 heterocycles. The van der Waals surface area contributed by atoms with Crippen LogP contribution in [0.3, 0.4) is 0 Å². The van der Waals surface area contributed by atoms with Crippen molar-refractivity contribution in [2.75, 3.05) is 0 Å². The minimum atomic E-state index is -0.170. The third-order valence-electron chi connectivity index (χ3n) is 6.99. The molecule has 0 saturated carbocycles. The number of H-pyrrole nitrogens is 3. The van der Waals surface area contributed by atoms with E-state index in [1.54, 1.807) is 0 Å². The van der Waals surface area contributed by atoms with Crippen LogP contribution in [0.25, 0.3) is 33.8 Å². The van der Waals surface area contributed by atoms with Crippen LogP contribution in [0.4, 0.5) is 0 Å². The number of nitrogens with zero attached hydrogens (tertiary/aromatic N) is 3. The molecule has 0 aliphatic heterocycles. The van der Waals surface area contributed by atoms with E-state index in [-0.39, 0.29) is 6.71 Å². The van der Waals surface area contributed by atoms with Crippen molar-refractivity contribution in [3.63, 3.8) is 0 Å². The quantitative estimate of drug-likeness (QED) is 0.310. The predicted octanol–water partition coefficient (Wildman–Crippen LogP) is 4.30. The van der Waals surface area contributed by atoms with E-state index < -0.39 is 0 Å². The summed E-state index contributed by atoms with van der Waals surface area (Å²) >= 11 is 0. The number of hydrogen-bond donors (Lipinski definition) is 3. The topological polar surface area (TPSA) is 86.0 Å². The summed E-state index contributed by atoms with van der Waals surface area (Å²) in [6, 6.07) is 31.0. The Hall–Kier alpha value is -4.65. The van der Waals surface area contributed by atoms with Crippen LogP contribution in [0.15, 0.2) is 91.0 Å². The maximum absolute atomic E-state index is 4.80. The van der Waals surface area contributed by atoms with Crippen molar-refractivity contribution in [3.8, 4) is 33.8 Å². The zero-order valence-electron chi connectivity index (χ0n) is 21.1. The Balaban J connectivity index is 1.68. The minimum absolute atomic E-state index is 0.170. The van der Waals surface area contributed by atoms with Gasteiger partial charge < -0.3 is 0 Å². The molecule has 181 valence electrons. The first kappa shape index (κ1) is 22.8. The van der Waals surface area contributed by atoms with Crippen molar-refractivity contribution >= 4 is 23.1 Å². The summed E-state index contributed by atoms with van der Waals surface area (Å²) in [6.45, 7) is 6.11. The van der Waals surface area contributed by atoms with Gasteiger partial charge in [-0.25, -0.2) is 0 Å². The smallest absolute Gasteiger partial charge is 0.0549 e. The van der Waals surface area contributed by atoms with Crippen LogP contribution in [0.2, 0.25) is 0 Å². The maximum Gasteiger partial charge on any atom is 0.0549 e. The molecule has 0 atom stereocenters. The molecule has 0 bridgehead atoms. The maximum atomic E-state index is 4.80. The summed E-state index contributed by atoms with van der Waals surface area (Å²) in [5.41, 5.74) is 12.4. The van der Waals surface area contributed by atoms with E-state index in [0.29, 0.717) is 0 Å². The SMILES string of the molecule is Cc1[nH]nc(-c2ccccc2)c1[B-](c1c(-c2ccccc2)n[nH]c1C)c1c(-c2ccccc2)n[nH]c1C. The lowest BCUT2D eigenvalue weighted by molar-refractivity contribution is 1.05. The van der Waals surface area contributed by atoms with Gasteiger partial charge in [-0.1, -0.05) is 91.0 Å². The van der Waals surface area contributed by atoms with Crippen molar-refractivity contribution in [1.82, 2.24) is 30.6 Å². The standard InChI is InChI=1S/C30H27BN6/c1-19-25(28(35-32-19)22-13-7-4-8-14-22)31(26-20(2)33-36-29(26)23-15-9-5-10-16-23)27-21(3)34-37-30(27)24-17-11-6-12-18-24/h4-18H,1-3H3,(H,32,35)(H,33,36)(H,34,37)/q-1. The van der Waals surface area contributed by atoms with Gasteiger partial charge in [-0.3, -0.25) is 15.3 Å². The van der Waals surface area contributed by atoms with Crippen molar-refractivity contribution in [1.29, 1.82) is 0 Å². The van der Waals surface area contributed by atoms with Gasteiger partial charge in [-0.05, 0) is 61.3 Å². The molecule has 7 heteroatoms. The number of hydrogen-bond acceptors (Lipinski definition) is 3. The molecule has 1 radical (unpaired) electrons. The summed E-state index contributed by atoms with van der Waals surface area (Å²) < 4.78 is 0. The fraction of sp³-hybridized carbons (Fsp3) is 0.100. The van der Waals surface area contributed by atoms with Crippen molar-refractivity contribution in [2.24, 2.45) is 0 Å². The van der Waals surface area contributed by atoms with E-state index in [1.165, 1.54) is 0 Å². The highest BCUT2D eigenvalue weighted by Gasteiger charge is 2.25. The van der Waals surface area contributed by atoms with Gasteiger partial charge in [-0.2, -0.15) is 31.7 Å². The average Bonchev–Trinajstić information content (AvgIpc) is 3.64. The predicted molar refractivity (Wildman–Crippen MR) is 151 cm³/mol. The fourth-order valence-corrected chi connectivity index (χ4v) is 5.25. The summed E-state index contributed by atoms with van der Waals surface area (Å²) in [4.78, 5) is 0. The van der Waals surface area contributed by atoms with Gasteiger partial charge in [0.2, 0.25) is 0 Å². The van der Waals surface area contributed by atoms with Gasteiger partial charge in [-0.15, -0.1) is 0 Å². The van der Waals surface area contributed by atoms with Gasteiger partial charge >= 0.3 is 0 Å². The molecular formula is C30H27BN6-. The first-order valence-corrected chi connectivity index (χ1v) is 12.4. The molecule has 6 nitrogen and oxygen atoms in total. The Morgan fingerprint density at radius 2 is 0.703 bits per heavy atom. The molecule has 0 aliphatic rings. The summed E-state index contributed by atoms with van der Waals surface area (Å²) in [5.74, 6) is 0. The molecule has 6 aromatic rings. The van der Waals surface area contributed by atoms with E-state index in [0.717, 1.165) is 67.2 Å². The lowest BCUT2D eigenvalue weighted by Crippen LogP contribution is -2.55. The number of aryl methyl sites for hydroxylation is 3. The second kappa shape index (κ2) is 9.43. The second-order valence-corrected chi connectivity index (χ2v) is 9.36. The van der Waals surface area contributed by atoms with E-state index in [1.807, 2.05) is 18.2 Å². The number of nitrogens with one attached hydrogen (secondary N) is 3. The van der Waals surface area contributed by atoms with E-state index in [2.05, 4.69) is 109 Å². The number of aromatic nitrogens is 6. The normalized spacial score (nSPS) is 11.4. The largest absolute Gasteiger partial charge is 0.286 e. The van der Waals surface area contributed by atoms with Gasteiger partial charge in [0.25, 0.3) is 0 Å². The summed E-state index contributed by atoms with van der Waals surface area (Å²) in [5, 5.41) is 24.3. The molecule has 0 fully saturated rings. The lowest BCUT2D eigenvalue weighted by atomic mass is 9.34. The van der Waals surface area contributed by atoms with Crippen LogP contribution < -0.4 is 16.4 Å². The first-order chi connectivity index (χ1) is 18.1. The Labute approximate surface area is 216 Å². The molecule has 0 saturated heterocycles. The molecule has 3 N–H and O–H groups in total. The van der Waals surface area contributed by atoms with Gasteiger partial charge in [0.15, 0.2) is 0 Å². The Kier molecular flexibility index (Phi) is 5.81. The first-order valence-electron chi connectivity index (χ1n) is 12.4. The third-order valence-corrected chi connectivity index (χ3v) is 6.99. The monoisotopic (exact) mass is 482 g/mol. The van der Waals surface area contributed by atoms with Crippen LogP contribution in [0.5, 0.6) is 0 Å². The lowest BCUT2D eigenvalue weighted by Gasteiger charge is -2.32. The molecule has 6 rings (SSSR count). The Morgan fingerprint density at radius 3 is 0.973 bits per heavy atom. The van der Waals surface area contributed by atoms with Crippen molar-refractivity contribution in [3.05, 3.63) is 108 Å². The van der Waals surface area contributed by atoms with Gasteiger partial charge in [0.1, 0.15) is 0 Å². The highest BCUT2D eigenvalue weighted by molar-refractivity contribution is 6.98. The minimum Gasteiger partial charge on any atom is -0.286 e. The zero-order chi connectivity index (χ0) is 25.4. The molecular weight excluding hydrogens is 455 g/mol. The summed E-state index contributed by atoms with van der Waals surface area (Å²) in [7, 11) is 0. The Bertz CT molecular complexity index is 1450. The molecule has 0 aliphatic carbocycles. The van der Waals surface area contributed by atoms with Gasteiger partial charge in [0.05, 0.1) is 17.1 Å². The molecule has 0 spiro atoms. The van der Waals surface area contributed by atoms with Crippen molar-refractivity contribution in [2.45, 2.75) is 20.8 Å². The number of aromatic amines is 3. The van der Waals surface area contributed by atoms with Crippen LogP contribution in [-0.2, 0) is 0 Å².